The Labute approximate surface area is 75.9 Å². The molecule has 0 aromatic carbocycles. The zero-order valence-corrected chi connectivity index (χ0v) is 8.07. The lowest BCUT2D eigenvalue weighted by molar-refractivity contribution is -0.136. The van der Waals surface area contributed by atoms with E-state index in [4.69, 9.17) is 5.11 Å². The lowest BCUT2D eigenvalue weighted by atomic mass is 10.1. The number of carboxylic acids is 1. The molecule has 1 rings (SSSR count). The van der Waals surface area contributed by atoms with Gasteiger partial charge in [0.05, 0.1) is 6.42 Å². The Morgan fingerprint density at radius 3 is 2.83 bits per heavy atom. The topological polar surface area (TPSA) is 37.3 Å². The maximum atomic E-state index is 10.5. The van der Waals surface area contributed by atoms with Gasteiger partial charge in [0, 0.05) is 9.75 Å². The van der Waals surface area contributed by atoms with Crippen molar-refractivity contribution in [1.29, 1.82) is 0 Å². The van der Waals surface area contributed by atoms with Gasteiger partial charge in [-0.3, -0.25) is 4.79 Å². The molecule has 1 aromatic rings. The minimum atomic E-state index is -0.744. The molecule has 12 heavy (non-hydrogen) atoms. The van der Waals surface area contributed by atoms with Crippen LogP contribution in [0, 0.1) is 6.92 Å². The van der Waals surface area contributed by atoms with E-state index in [1.807, 2.05) is 13.8 Å². The average Bonchev–Trinajstić information content (AvgIpc) is 2.29. The highest BCUT2D eigenvalue weighted by Gasteiger charge is 2.08. The predicted molar refractivity (Wildman–Crippen MR) is 49.8 cm³/mol. The van der Waals surface area contributed by atoms with Crippen molar-refractivity contribution in [2.45, 2.75) is 26.7 Å². The lowest BCUT2D eigenvalue weighted by Gasteiger charge is -1.95. The normalized spacial score (nSPS) is 10.2. The van der Waals surface area contributed by atoms with E-state index in [2.05, 4.69) is 6.07 Å². The number of thiophene rings is 1. The van der Waals surface area contributed by atoms with E-state index < -0.39 is 5.97 Å². The second kappa shape index (κ2) is 3.72. The summed E-state index contributed by atoms with van der Waals surface area (Å²) >= 11 is 1.59. The van der Waals surface area contributed by atoms with Crippen LogP contribution in [0.15, 0.2) is 6.07 Å². The molecule has 0 radical (unpaired) electrons. The minimum Gasteiger partial charge on any atom is -0.481 e. The average molecular weight is 184 g/mol. The summed E-state index contributed by atoms with van der Waals surface area (Å²) < 4.78 is 0. The predicted octanol–water partition coefficient (Wildman–Crippen LogP) is 2.25. The molecule has 1 N–H and O–H groups in total. The Hall–Kier alpha value is -0.830. The summed E-state index contributed by atoms with van der Waals surface area (Å²) in [5, 5.41) is 8.60. The van der Waals surface area contributed by atoms with Crippen LogP contribution in [-0.2, 0) is 17.6 Å². The van der Waals surface area contributed by atoms with Crippen LogP contribution in [0.4, 0.5) is 0 Å². The largest absolute Gasteiger partial charge is 0.481 e. The van der Waals surface area contributed by atoms with Crippen molar-refractivity contribution in [3.63, 3.8) is 0 Å². The second-order valence-electron chi connectivity index (χ2n) is 2.73. The molecule has 0 unspecified atom stereocenters. The first-order valence-electron chi connectivity index (χ1n) is 3.93. The van der Waals surface area contributed by atoms with E-state index in [0.717, 1.165) is 11.3 Å². The molecule has 0 aliphatic heterocycles. The summed E-state index contributed by atoms with van der Waals surface area (Å²) in [6, 6.07) is 2.07. The van der Waals surface area contributed by atoms with Gasteiger partial charge in [-0.15, -0.1) is 11.3 Å². The molecule has 0 spiro atoms. The Morgan fingerprint density at radius 2 is 2.33 bits per heavy atom. The number of hydrogen-bond donors (Lipinski definition) is 1. The van der Waals surface area contributed by atoms with Gasteiger partial charge >= 0.3 is 5.97 Å². The zero-order valence-electron chi connectivity index (χ0n) is 7.26. The number of carboxylic acid groups (broad SMARTS) is 1. The molecule has 0 saturated heterocycles. The Kier molecular flexibility index (Phi) is 2.87. The van der Waals surface area contributed by atoms with E-state index in [1.165, 1.54) is 10.4 Å². The number of aryl methyl sites for hydroxylation is 2. The molecule has 1 heterocycles. The molecule has 66 valence electrons. The first-order chi connectivity index (χ1) is 5.63. The molecular formula is C9H12O2S. The van der Waals surface area contributed by atoms with Gasteiger partial charge in [-0.2, -0.15) is 0 Å². The van der Waals surface area contributed by atoms with Crippen molar-refractivity contribution < 1.29 is 9.90 Å². The molecular weight excluding hydrogens is 172 g/mol. The standard InChI is InChI=1S/C9H12O2S/c1-3-7-4-6(2)12-8(7)5-9(10)11/h4H,3,5H2,1-2H3,(H,10,11). The molecule has 0 amide bonds. The molecule has 0 fully saturated rings. The van der Waals surface area contributed by atoms with Crippen LogP contribution < -0.4 is 0 Å². The molecule has 0 aliphatic carbocycles. The third-order valence-corrected chi connectivity index (χ3v) is 2.81. The van der Waals surface area contributed by atoms with Crippen LogP contribution in [0.1, 0.15) is 22.2 Å². The molecule has 0 bridgehead atoms. The Bertz CT molecular complexity index is 289. The monoisotopic (exact) mass is 184 g/mol. The summed E-state index contributed by atoms with van der Waals surface area (Å²) in [7, 11) is 0. The molecule has 1 aromatic heterocycles. The highest BCUT2D eigenvalue weighted by molar-refractivity contribution is 7.12. The van der Waals surface area contributed by atoms with Crippen LogP contribution in [0.25, 0.3) is 0 Å². The van der Waals surface area contributed by atoms with Gasteiger partial charge in [0.2, 0.25) is 0 Å². The van der Waals surface area contributed by atoms with Gasteiger partial charge in [0.15, 0.2) is 0 Å². The lowest BCUT2D eigenvalue weighted by Crippen LogP contribution is -1.99. The summed E-state index contributed by atoms with van der Waals surface area (Å²) in [4.78, 5) is 12.7. The number of carbonyl (C=O) groups is 1. The fourth-order valence-electron chi connectivity index (χ4n) is 1.20. The molecule has 0 atom stereocenters. The van der Waals surface area contributed by atoms with E-state index in [9.17, 15) is 4.79 Å². The van der Waals surface area contributed by atoms with Crippen molar-refractivity contribution in [3.8, 4) is 0 Å². The van der Waals surface area contributed by atoms with Crippen LogP contribution in [-0.4, -0.2) is 11.1 Å². The second-order valence-corrected chi connectivity index (χ2v) is 4.07. The highest BCUT2D eigenvalue weighted by Crippen LogP contribution is 2.22. The zero-order chi connectivity index (χ0) is 9.14. The maximum absolute atomic E-state index is 10.5. The Balaban J connectivity index is 2.89. The third-order valence-electron chi connectivity index (χ3n) is 1.71. The van der Waals surface area contributed by atoms with Gasteiger partial charge in [0.1, 0.15) is 0 Å². The Morgan fingerprint density at radius 1 is 1.67 bits per heavy atom. The van der Waals surface area contributed by atoms with Crippen molar-refractivity contribution in [3.05, 3.63) is 21.4 Å². The number of aliphatic carboxylic acids is 1. The minimum absolute atomic E-state index is 0.168. The molecule has 0 aliphatic rings. The third kappa shape index (κ3) is 2.08. The van der Waals surface area contributed by atoms with Crippen LogP contribution in [0.5, 0.6) is 0 Å². The smallest absolute Gasteiger partial charge is 0.308 e. The summed E-state index contributed by atoms with van der Waals surface area (Å²) in [5.74, 6) is -0.744. The van der Waals surface area contributed by atoms with Gasteiger partial charge in [-0.25, -0.2) is 0 Å². The van der Waals surface area contributed by atoms with Crippen molar-refractivity contribution in [2.24, 2.45) is 0 Å². The quantitative estimate of drug-likeness (QED) is 0.782. The maximum Gasteiger partial charge on any atom is 0.308 e. The molecule has 2 nitrogen and oxygen atoms in total. The number of rotatable bonds is 3. The first-order valence-corrected chi connectivity index (χ1v) is 4.75. The van der Waals surface area contributed by atoms with Crippen molar-refractivity contribution >= 4 is 17.3 Å². The fraction of sp³-hybridized carbons (Fsp3) is 0.444. The SMILES string of the molecule is CCc1cc(C)sc1CC(=O)O. The highest BCUT2D eigenvalue weighted by atomic mass is 32.1. The number of hydrogen-bond acceptors (Lipinski definition) is 2. The van der Waals surface area contributed by atoms with Crippen molar-refractivity contribution in [2.75, 3.05) is 0 Å². The molecule has 0 saturated carbocycles. The van der Waals surface area contributed by atoms with E-state index in [-0.39, 0.29) is 6.42 Å². The fourth-order valence-corrected chi connectivity index (χ4v) is 2.32. The van der Waals surface area contributed by atoms with Gasteiger partial charge < -0.3 is 5.11 Å². The first kappa shape index (κ1) is 9.26. The van der Waals surface area contributed by atoms with Crippen LogP contribution in [0.3, 0.4) is 0 Å². The van der Waals surface area contributed by atoms with E-state index in [0.29, 0.717) is 0 Å². The van der Waals surface area contributed by atoms with Gasteiger partial charge in [-0.1, -0.05) is 6.92 Å². The van der Waals surface area contributed by atoms with Crippen LogP contribution >= 0.6 is 11.3 Å². The van der Waals surface area contributed by atoms with Crippen LogP contribution in [0.2, 0.25) is 0 Å². The van der Waals surface area contributed by atoms with Crippen molar-refractivity contribution in [1.82, 2.24) is 0 Å². The van der Waals surface area contributed by atoms with Gasteiger partial charge in [-0.05, 0) is 25.0 Å². The summed E-state index contributed by atoms with van der Waals surface area (Å²) in [6.07, 6.45) is 1.09. The molecule has 3 heteroatoms. The summed E-state index contributed by atoms with van der Waals surface area (Å²) in [6.45, 7) is 4.06. The van der Waals surface area contributed by atoms with Gasteiger partial charge in [0.25, 0.3) is 0 Å². The summed E-state index contributed by atoms with van der Waals surface area (Å²) in [5.41, 5.74) is 1.18. The van der Waals surface area contributed by atoms with E-state index in [1.54, 1.807) is 11.3 Å². The van der Waals surface area contributed by atoms with E-state index >= 15 is 0 Å².